The van der Waals surface area contributed by atoms with Crippen molar-refractivity contribution in [3.05, 3.63) is 16.1 Å². The summed E-state index contributed by atoms with van der Waals surface area (Å²) >= 11 is 1.44. The van der Waals surface area contributed by atoms with Crippen LogP contribution in [0.5, 0.6) is 0 Å². The van der Waals surface area contributed by atoms with Gasteiger partial charge in [-0.2, -0.15) is 13.2 Å². The smallest absolute Gasteiger partial charge is 0.372 e. The van der Waals surface area contributed by atoms with E-state index in [4.69, 9.17) is 5.73 Å². The number of rotatable bonds is 8. The molecule has 3 nitrogen and oxygen atoms in total. The maximum absolute atomic E-state index is 11.8. The second-order valence-corrected chi connectivity index (χ2v) is 5.35. The lowest BCUT2D eigenvalue weighted by molar-refractivity contribution is -0.173. The summed E-state index contributed by atoms with van der Waals surface area (Å²) in [4.78, 5) is 4.34. The van der Waals surface area contributed by atoms with E-state index < -0.39 is 12.8 Å². The summed E-state index contributed by atoms with van der Waals surface area (Å²) in [5.41, 5.74) is 6.82. The summed E-state index contributed by atoms with van der Waals surface area (Å²) in [5.74, 6) is 0. The highest BCUT2D eigenvalue weighted by molar-refractivity contribution is 7.09. The minimum Gasteiger partial charge on any atom is -0.372 e. The summed E-state index contributed by atoms with van der Waals surface area (Å²) in [7, 11) is 0. The fourth-order valence-electron chi connectivity index (χ4n) is 1.65. The number of nitrogens with two attached hydrogens (primary N) is 1. The Hall–Kier alpha value is -0.660. The van der Waals surface area contributed by atoms with Gasteiger partial charge in [-0.1, -0.05) is 13.3 Å². The number of aromatic nitrogens is 1. The molecule has 19 heavy (non-hydrogen) atoms. The van der Waals surface area contributed by atoms with Crippen LogP contribution >= 0.6 is 11.3 Å². The average Bonchev–Trinajstić information content (AvgIpc) is 2.71. The molecule has 1 rings (SSSR count). The van der Waals surface area contributed by atoms with Gasteiger partial charge in [0.1, 0.15) is 6.61 Å². The van der Waals surface area contributed by atoms with Crippen molar-refractivity contribution in [2.45, 2.75) is 44.8 Å². The SMILES string of the molecule is CCCC(N)Cc1csc(CCOCC(F)(F)F)n1. The highest BCUT2D eigenvalue weighted by atomic mass is 32.1. The molecular formula is C12H19F3N2OS. The van der Waals surface area contributed by atoms with Gasteiger partial charge in [0.25, 0.3) is 0 Å². The van der Waals surface area contributed by atoms with Crippen LogP contribution in [-0.2, 0) is 17.6 Å². The van der Waals surface area contributed by atoms with Crippen molar-refractivity contribution in [2.24, 2.45) is 5.73 Å². The van der Waals surface area contributed by atoms with E-state index in [0.717, 1.165) is 23.5 Å². The number of alkyl halides is 3. The van der Waals surface area contributed by atoms with Crippen molar-refractivity contribution >= 4 is 11.3 Å². The molecule has 0 fully saturated rings. The largest absolute Gasteiger partial charge is 0.411 e. The summed E-state index contributed by atoms with van der Waals surface area (Å²) in [6, 6.07) is 0.0985. The summed E-state index contributed by atoms with van der Waals surface area (Å²) in [5, 5.41) is 2.70. The summed E-state index contributed by atoms with van der Waals surface area (Å²) in [6.07, 6.45) is -1.16. The monoisotopic (exact) mass is 296 g/mol. The lowest BCUT2D eigenvalue weighted by atomic mass is 10.1. The molecule has 110 valence electrons. The maximum Gasteiger partial charge on any atom is 0.411 e. The van der Waals surface area contributed by atoms with Gasteiger partial charge in [0.2, 0.25) is 0 Å². The fourth-order valence-corrected chi connectivity index (χ4v) is 2.44. The first-order valence-electron chi connectivity index (χ1n) is 6.24. The predicted molar refractivity (Wildman–Crippen MR) is 69.3 cm³/mol. The van der Waals surface area contributed by atoms with Crippen LogP contribution in [0.4, 0.5) is 13.2 Å². The van der Waals surface area contributed by atoms with Gasteiger partial charge in [0, 0.05) is 24.3 Å². The zero-order valence-corrected chi connectivity index (χ0v) is 11.7. The third-order valence-corrected chi connectivity index (χ3v) is 3.41. The van der Waals surface area contributed by atoms with E-state index in [1.807, 2.05) is 5.38 Å². The number of hydrogen-bond acceptors (Lipinski definition) is 4. The van der Waals surface area contributed by atoms with Gasteiger partial charge in [-0.15, -0.1) is 11.3 Å². The minimum absolute atomic E-state index is 0.0352. The van der Waals surface area contributed by atoms with Crippen molar-refractivity contribution in [1.82, 2.24) is 4.98 Å². The van der Waals surface area contributed by atoms with E-state index in [0.29, 0.717) is 12.8 Å². The molecule has 0 radical (unpaired) electrons. The fraction of sp³-hybridized carbons (Fsp3) is 0.750. The Balaban J connectivity index is 2.27. The third kappa shape index (κ3) is 7.49. The minimum atomic E-state index is -4.26. The first-order chi connectivity index (χ1) is 8.90. The molecule has 0 aromatic carbocycles. The van der Waals surface area contributed by atoms with E-state index in [-0.39, 0.29) is 12.6 Å². The molecule has 0 saturated carbocycles. The molecule has 0 aliphatic carbocycles. The molecule has 0 aliphatic rings. The van der Waals surface area contributed by atoms with Gasteiger partial charge in [0.05, 0.1) is 17.3 Å². The first kappa shape index (κ1) is 16.4. The molecule has 0 saturated heterocycles. The Labute approximate surface area is 115 Å². The first-order valence-corrected chi connectivity index (χ1v) is 7.12. The Morgan fingerprint density at radius 2 is 2.21 bits per heavy atom. The van der Waals surface area contributed by atoms with Crippen molar-refractivity contribution in [2.75, 3.05) is 13.2 Å². The molecule has 1 atom stereocenters. The van der Waals surface area contributed by atoms with Gasteiger partial charge in [-0.05, 0) is 6.42 Å². The van der Waals surface area contributed by atoms with Crippen LogP contribution in [0.1, 0.15) is 30.5 Å². The van der Waals surface area contributed by atoms with Gasteiger partial charge in [0.15, 0.2) is 0 Å². The lowest BCUT2D eigenvalue weighted by Gasteiger charge is -2.07. The Bertz CT molecular complexity index is 368. The van der Waals surface area contributed by atoms with Crippen LogP contribution < -0.4 is 5.73 Å². The third-order valence-electron chi connectivity index (χ3n) is 2.46. The van der Waals surface area contributed by atoms with E-state index >= 15 is 0 Å². The predicted octanol–water partition coefficient (Wildman–Crippen LogP) is 2.93. The van der Waals surface area contributed by atoms with E-state index in [9.17, 15) is 13.2 Å². The van der Waals surface area contributed by atoms with E-state index in [1.165, 1.54) is 11.3 Å². The molecule has 7 heteroatoms. The number of hydrogen-bond donors (Lipinski definition) is 1. The molecule has 0 amide bonds. The van der Waals surface area contributed by atoms with Crippen molar-refractivity contribution in [3.63, 3.8) is 0 Å². The number of ether oxygens (including phenoxy) is 1. The van der Waals surface area contributed by atoms with Crippen molar-refractivity contribution < 1.29 is 17.9 Å². The molecule has 1 heterocycles. The molecule has 1 unspecified atom stereocenters. The average molecular weight is 296 g/mol. The van der Waals surface area contributed by atoms with Crippen LogP contribution in [0.25, 0.3) is 0 Å². The number of thiazole rings is 1. The second-order valence-electron chi connectivity index (χ2n) is 4.40. The molecular weight excluding hydrogens is 277 g/mol. The van der Waals surface area contributed by atoms with Crippen molar-refractivity contribution in [1.29, 1.82) is 0 Å². The van der Waals surface area contributed by atoms with Crippen LogP contribution in [0.15, 0.2) is 5.38 Å². The Kier molecular flexibility index (Phi) is 6.74. The molecule has 1 aromatic heterocycles. The Morgan fingerprint density at radius 1 is 1.47 bits per heavy atom. The topological polar surface area (TPSA) is 48.1 Å². The second kappa shape index (κ2) is 7.81. The highest BCUT2D eigenvalue weighted by Gasteiger charge is 2.27. The number of nitrogens with zero attached hydrogens (tertiary/aromatic N) is 1. The lowest BCUT2D eigenvalue weighted by Crippen LogP contribution is -2.22. The molecule has 0 aliphatic heterocycles. The summed E-state index contributed by atoms with van der Waals surface area (Å²) in [6.45, 7) is 0.907. The quantitative estimate of drug-likeness (QED) is 0.750. The standard InChI is InChI=1S/C12H19F3N2OS/c1-2-3-9(16)6-10-7-19-11(17-10)4-5-18-8-12(13,14)15/h7,9H,2-6,8,16H2,1H3. The van der Waals surface area contributed by atoms with Crippen LogP contribution in [0, 0.1) is 0 Å². The van der Waals surface area contributed by atoms with Gasteiger partial charge >= 0.3 is 6.18 Å². The van der Waals surface area contributed by atoms with Gasteiger partial charge < -0.3 is 10.5 Å². The van der Waals surface area contributed by atoms with Gasteiger partial charge in [-0.25, -0.2) is 4.98 Å². The van der Waals surface area contributed by atoms with E-state index in [2.05, 4.69) is 16.6 Å². The molecule has 0 bridgehead atoms. The summed E-state index contributed by atoms with van der Waals surface area (Å²) < 4.78 is 40.1. The Morgan fingerprint density at radius 3 is 2.84 bits per heavy atom. The maximum atomic E-state index is 11.8. The zero-order valence-electron chi connectivity index (χ0n) is 10.9. The van der Waals surface area contributed by atoms with Crippen LogP contribution in [-0.4, -0.2) is 30.4 Å². The van der Waals surface area contributed by atoms with Gasteiger partial charge in [-0.3, -0.25) is 0 Å². The molecule has 2 N–H and O–H groups in total. The highest BCUT2D eigenvalue weighted by Crippen LogP contribution is 2.16. The van der Waals surface area contributed by atoms with E-state index in [1.54, 1.807) is 0 Å². The van der Waals surface area contributed by atoms with Crippen LogP contribution in [0.3, 0.4) is 0 Å². The molecule has 1 aromatic rings. The zero-order chi connectivity index (χ0) is 14.3. The number of halogens is 3. The van der Waals surface area contributed by atoms with Crippen molar-refractivity contribution in [3.8, 4) is 0 Å². The normalized spacial score (nSPS) is 13.7. The molecule has 0 spiro atoms. The van der Waals surface area contributed by atoms with Crippen LogP contribution in [0.2, 0.25) is 0 Å².